The maximum absolute atomic E-state index is 12.2. The van der Waals surface area contributed by atoms with Crippen molar-refractivity contribution in [1.82, 2.24) is 15.3 Å². The Morgan fingerprint density at radius 3 is 2.52 bits per heavy atom. The molecule has 23 heavy (non-hydrogen) atoms. The van der Waals surface area contributed by atoms with Crippen LogP contribution in [-0.4, -0.2) is 21.9 Å². The van der Waals surface area contributed by atoms with Gasteiger partial charge in [-0.05, 0) is 18.4 Å². The normalized spacial score (nSPS) is 15.1. The lowest BCUT2D eigenvalue weighted by molar-refractivity contribution is 0.0922. The van der Waals surface area contributed by atoms with Crippen molar-refractivity contribution >= 4 is 11.7 Å². The van der Waals surface area contributed by atoms with Crippen molar-refractivity contribution in [1.29, 1.82) is 0 Å². The van der Waals surface area contributed by atoms with E-state index < -0.39 is 0 Å². The average Bonchev–Trinajstić information content (AvgIpc) is 2.62. The molecule has 0 spiro atoms. The fraction of sp³-hybridized carbons (Fsp3) is 0.389. The minimum Gasteiger partial charge on any atom is -0.365 e. The number of aromatic nitrogens is 2. The third kappa shape index (κ3) is 4.52. The summed E-state index contributed by atoms with van der Waals surface area (Å²) < 4.78 is 0. The number of amides is 1. The average molecular weight is 310 g/mol. The molecule has 1 aliphatic rings. The maximum Gasteiger partial charge on any atom is 0.271 e. The fourth-order valence-electron chi connectivity index (χ4n) is 2.83. The van der Waals surface area contributed by atoms with E-state index in [1.807, 2.05) is 30.3 Å². The van der Waals surface area contributed by atoms with Crippen LogP contribution in [0.5, 0.6) is 0 Å². The Morgan fingerprint density at radius 2 is 1.83 bits per heavy atom. The van der Waals surface area contributed by atoms with Crippen LogP contribution in [0.25, 0.3) is 0 Å². The lowest BCUT2D eigenvalue weighted by Gasteiger charge is -2.22. The molecule has 5 heteroatoms. The van der Waals surface area contributed by atoms with E-state index in [2.05, 4.69) is 20.6 Å². The van der Waals surface area contributed by atoms with Crippen LogP contribution in [-0.2, 0) is 6.54 Å². The van der Waals surface area contributed by atoms with E-state index in [9.17, 15) is 4.79 Å². The molecule has 2 aromatic rings. The largest absolute Gasteiger partial charge is 0.365 e. The summed E-state index contributed by atoms with van der Waals surface area (Å²) in [6.07, 6.45) is 8.93. The molecule has 0 atom stereocenters. The third-order valence-corrected chi connectivity index (χ3v) is 4.14. The Labute approximate surface area is 136 Å². The molecular weight excluding hydrogens is 288 g/mol. The van der Waals surface area contributed by atoms with Gasteiger partial charge in [0.1, 0.15) is 11.5 Å². The van der Waals surface area contributed by atoms with Gasteiger partial charge in [-0.25, -0.2) is 9.97 Å². The van der Waals surface area contributed by atoms with E-state index in [0.29, 0.717) is 18.1 Å². The molecule has 0 unspecified atom stereocenters. The Balaban J connectivity index is 1.52. The first-order valence-electron chi connectivity index (χ1n) is 8.22. The summed E-state index contributed by atoms with van der Waals surface area (Å²) in [5.41, 5.74) is 1.55. The molecule has 1 aliphatic carbocycles. The van der Waals surface area contributed by atoms with Gasteiger partial charge in [-0.15, -0.1) is 0 Å². The number of nitrogens with zero attached hydrogens (tertiary/aromatic N) is 2. The van der Waals surface area contributed by atoms with Gasteiger partial charge in [0.15, 0.2) is 0 Å². The monoisotopic (exact) mass is 310 g/mol. The van der Waals surface area contributed by atoms with Crippen molar-refractivity contribution in [3.8, 4) is 0 Å². The number of anilines is 1. The van der Waals surface area contributed by atoms with Gasteiger partial charge in [0, 0.05) is 12.6 Å². The minimum absolute atomic E-state index is 0.126. The van der Waals surface area contributed by atoms with Gasteiger partial charge in [0.2, 0.25) is 0 Å². The minimum atomic E-state index is -0.126. The lowest BCUT2D eigenvalue weighted by atomic mass is 9.95. The first kappa shape index (κ1) is 15.5. The van der Waals surface area contributed by atoms with Crippen molar-refractivity contribution in [3.05, 3.63) is 54.0 Å². The molecule has 0 aliphatic heterocycles. The van der Waals surface area contributed by atoms with Crippen LogP contribution in [0.15, 0.2) is 42.7 Å². The quantitative estimate of drug-likeness (QED) is 0.890. The predicted octanol–water partition coefficient (Wildman–Crippen LogP) is 3.15. The van der Waals surface area contributed by atoms with Gasteiger partial charge in [-0.1, -0.05) is 49.6 Å². The SMILES string of the molecule is O=C(NC1CCCCC1)c1cnc(NCc2ccccc2)cn1. The Kier molecular flexibility index (Phi) is 5.19. The summed E-state index contributed by atoms with van der Waals surface area (Å²) in [5.74, 6) is 0.544. The summed E-state index contributed by atoms with van der Waals surface area (Å²) in [5, 5.41) is 6.25. The van der Waals surface area contributed by atoms with Crippen molar-refractivity contribution in [3.63, 3.8) is 0 Å². The number of carbonyl (C=O) groups excluding carboxylic acids is 1. The van der Waals surface area contributed by atoms with Gasteiger partial charge >= 0.3 is 0 Å². The summed E-state index contributed by atoms with van der Waals surface area (Å²) in [6, 6.07) is 10.4. The second kappa shape index (κ2) is 7.72. The molecule has 1 fully saturated rings. The molecule has 1 amide bonds. The predicted molar refractivity (Wildman–Crippen MR) is 90.1 cm³/mol. The number of nitrogens with one attached hydrogen (secondary N) is 2. The molecule has 0 saturated heterocycles. The molecule has 2 N–H and O–H groups in total. The van der Waals surface area contributed by atoms with E-state index in [-0.39, 0.29) is 11.9 Å². The summed E-state index contributed by atoms with van der Waals surface area (Å²) in [7, 11) is 0. The molecule has 1 saturated carbocycles. The molecule has 3 rings (SSSR count). The zero-order valence-corrected chi connectivity index (χ0v) is 13.2. The van der Waals surface area contributed by atoms with Crippen molar-refractivity contribution in [2.24, 2.45) is 0 Å². The molecular formula is C18H22N4O. The Morgan fingerprint density at radius 1 is 1.04 bits per heavy atom. The van der Waals surface area contributed by atoms with Gasteiger partial charge in [-0.2, -0.15) is 0 Å². The van der Waals surface area contributed by atoms with Crippen LogP contribution in [0.3, 0.4) is 0 Å². The summed E-state index contributed by atoms with van der Waals surface area (Å²) in [6.45, 7) is 0.684. The van der Waals surface area contributed by atoms with Gasteiger partial charge in [-0.3, -0.25) is 4.79 Å². The highest BCUT2D eigenvalue weighted by atomic mass is 16.1. The van der Waals surface area contributed by atoms with E-state index in [4.69, 9.17) is 0 Å². The zero-order valence-electron chi connectivity index (χ0n) is 13.2. The number of benzene rings is 1. The highest BCUT2D eigenvalue weighted by Gasteiger charge is 2.17. The van der Waals surface area contributed by atoms with Crippen LogP contribution in [0, 0.1) is 0 Å². The first-order chi connectivity index (χ1) is 11.3. The van der Waals surface area contributed by atoms with Crippen molar-refractivity contribution in [2.75, 3.05) is 5.32 Å². The van der Waals surface area contributed by atoms with Crippen LogP contribution < -0.4 is 10.6 Å². The maximum atomic E-state index is 12.2. The van der Waals surface area contributed by atoms with Gasteiger partial charge in [0.25, 0.3) is 5.91 Å². The second-order valence-corrected chi connectivity index (χ2v) is 5.93. The summed E-state index contributed by atoms with van der Waals surface area (Å²) >= 11 is 0. The first-order valence-corrected chi connectivity index (χ1v) is 8.22. The van der Waals surface area contributed by atoms with Crippen LogP contribution >= 0.6 is 0 Å². The third-order valence-electron chi connectivity index (χ3n) is 4.14. The van der Waals surface area contributed by atoms with Crippen LogP contribution in [0.2, 0.25) is 0 Å². The standard InChI is InChI=1S/C18H22N4O/c23-18(22-15-9-5-2-6-10-15)16-12-21-17(13-19-16)20-11-14-7-3-1-4-8-14/h1,3-4,7-8,12-13,15H,2,5-6,9-11H2,(H,20,21)(H,22,23). The van der Waals surface area contributed by atoms with E-state index >= 15 is 0 Å². The Hall–Kier alpha value is -2.43. The molecule has 1 heterocycles. The number of hydrogen-bond acceptors (Lipinski definition) is 4. The summed E-state index contributed by atoms with van der Waals surface area (Å²) in [4.78, 5) is 20.7. The van der Waals surface area contributed by atoms with Crippen LogP contribution in [0.1, 0.15) is 48.2 Å². The molecule has 120 valence electrons. The highest BCUT2D eigenvalue weighted by molar-refractivity contribution is 5.92. The molecule has 1 aromatic heterocycles. The zero-order chi connectivity index (χ0) is 15.9. The van der Waals surface area contributed by atoms with Crippen molar-refractivity contribution < 1.29 is 4.79 Å². The molecule has 0 bridgehead atoms. The molecule has 0 radical (unpaired) electrons. The molecule has 5 nitrogen and oxygen atoms in total. The van der Waals surface area contributed by atoms with Crippen molar-refractivity contribution in [2.45, 2.75) is 44.7 Å². The van der Waals surface area contributed by atoms with Gasteiger partial charge < -0.3 is 10.6 Å². The van der Waals surface area contributed by atoms with Gasteiger partial charge in [0.05, 0.1) is 12.4 Å². The topological polar surface area (TPSA) is 66.9 Å². The fourth-order valence-corrected chi connectivity index (χ4v) is 2.83. The number of hydrogen-bond donors (Lipinski definition) is 2. The molecule has 1 aromatic carbocycles. The van der Waals surface area contributed by atoms with E-state index in [1.165, 1.54) is 31.0 Å². The Bertz CT molecular complexity index is 621. The second-order valence-electron chi connectivity index (χ2n) is 5.93. The highest BCUT2D eigenvalue weighted by Crippen LogP contribution is 2.17. The number of carbonyl (C=O) groups is 1. The lowest BCUT2D eigenvalue weighted by Crippen LogP contribution is -2.36. The van der Waals surface area contributed by atoms with E-state index in [0.717, 1.165) is 12.8 Å². The van der Waals surface area contributed by atoms with E-state index in [1.54, 1.807) is 6.20 Å². The number of rotatable bonds is 5. The smallest absolute Gasteiger partial charge is 0.271 e. The van der Waals surface area contributed by atoms with Crippen LogP contribution in [0.4, 0.5) is 5.82 Å².